The molecular formula is C27H30N6O4. The second-order valence-electron chi connectivity index (χ2n) is 9.49. The first-order valence-electron chi connectivity index (χ1n) is 12.2. The molecule has 0 unspecified atom stereocenters. The number of fused-ring (bicyclic) bond motifs is 2. The normalized spacial score (nSPS) is 15.4. The van der Waals surface area contributed by atoms with Crippen LogP contribution in [-0.4, -0.2) is 74.8 Å². The Balaban J connectivity index is 1.44. The standard InChI is InChI=1S/C27H30N6O4/c1-16-12-20-13-21(8-11-32(20)24(16)26(35)28-4)37-23-6-9-29-33-15-22(17(2)25(23)33)27(36)30(5)19-7-10-31(14-19)18(3)34/h6,8-9,11-13,15,19H,7,10,14H2,1-5H3,(H,28,35)/t19-/m1/s1. The number of aromatic nitrogens is 3. The van der Waals surface area contributed by atoms with Gasteiger partial charge in [0.25, 0.3) is 11.8 Å². The molecule has 1 atom stereocenters. The Morgan fingerprint density at radius 3 is 2.68 bits per heavy atom. The lowest BCUT2D eigenvalue weighted by atomic mass is 10.1. The number of pyridine rings is 1. The maximum atomic E-state index is 13.4. The van der Waals surface area contributed by atoms with E-state index in [0.717, 1.165) is 23.1 Å². The minimum absolute atomic E-state index is 0.0264. The van der Waals surface area contributed by atoms with Crippen LogP contribution in [0.5, 0.6) is 11.5 Å². The quantitative estimate of drug-likeness (QED) is 0.452. The summed E-state index contributed by atoms with van der Waals surface area (Å²) in [5, 5.41) is 7.07. The number of carbonyl (C=O) groups is 3. The molecule has 5 rings (SSSR count). The van der Waals surface area contributed by atoms with Gasteiger partial charge in [0.15, 0.2) is 5.75 Å². The summed E-state index contributed by atoms with van der Waals surface area (Å²) in [5.74, 6) is 0.925. The minimum atomic E-state index is -0.153. The van der Waals surface area contributed by atoms with Gasteiger partial charge >= 0.3 is 0 Å². The van der Waals surface area contributed by atoms with Crippen molar-refractivity contribution in [2.75, 3.05) is 27.2 Å². The van der Waals surface area contributed by atoms with Crippen LogP contribution in [0.4, 0.5) is 0 Å². The van der Waals surface area contributed by atoms with Crippen LogP contribution in [0.15, 0.2) is 42.9 Å². The largest absolute Gasteiger partial charge is 0.455 e. The highest BCUT2D eigenvalue weighted by Crippen LogP contribution is 2.32. The summed E-state index contributed by atoms with van der Waals surface area (Å²) in [6.45, 7) is 6.53. The third-order valence-electron chi connectivity index (χ3n) is 7.20. The van der Waals surface area contributed by atoms with Crippen molar-refractivity contribution in [2.45, 2.75) is 33.2 Å². The number of amides is 3. The molecule has 3 amide bonds. The first-order valence-corrected chi connectivity index (χ1v) is 12.2. The number of nitrogens with one attached hydrogen (secondary N) is 1. The fraction of sp³-hybridized carbons (Fsp3) is 0.333. The van der Waals surface area contributed by atoms with Gasteiger partial charge in [0.1, 0.15) is 17.0 Å². The van der Waals surface area contributed by atoms with Crippen molar-refractivity contribution in [1.29, 1.82) is 0 Å². The predicted molar refractivity (Wildman–Crippen MR) is 138 cm³/mol. The summed E-state index contributed by atoms with van der Waals surface area (Å²) in [5.41, 5.74) is 4.29. The van der Waals surface area contributed by atoms with Crippen LogP contribution in [0, 0.1) is 13.8 Å². The molecule has 1 aliphatic rings. The predicted octanol–water partition coefficient (Wildman–Crippen LogP) is 3.05. The van der Waals surface area contributed by atoms with Crippen molar-refractivity contribution in [3.05, 3.63) is 65.2 Å². The first-order chi connectivity index (χ1) is 17.7. The number of likely N-dealkylation sites (tertiary alicyclic amines) is 1. The first kappa shape index (κ1) is 24.4. The van der Waals surface area contributed by atoms with Crippen LogP contribution < -0.4 is 10.1 Å². The summed E-state index contributed by atoms with van der Waals surface area (Å²) in [6, 6.07) is 7.35. The summed E-state index contributed by atoms with van der Waals surface area (Å²) in [6.07, 6.45) is 5.92. The average Bonchev–Trinajstić information content (AvgIpc) is 3.58. The van der Waals surface area contributed by atoms with Gasteiger partial charge in [0.2, 0.25) is 5.91 Å². The molecule has 0 saturated carbocycles. The number of rotatable bonds is 5. The molecule has 192 valence electrons. The van der Waals surface area contributed by atoms with Gasteiger partial charge in [-0.1, -0.05) is 0 Å². The van der Waals surface area contributed by atoms with Crippen LogP contribution in [0.3, 0.4) is 0 Å². The Labute approximate surface area is 214 Å². The molecular weight excluding hydrogens is 472 g/mol. The number of aryl methyl sites for hydroxylation is 2. The smallest absolute Gasteiger partial charge is 0.268 e. The lowest BCUT2D eigenvalue weighted by molar-refractivity contribution is -0.127. The lowest BCUT2D eigenvalue weighted by Gasteiger charge is -2.24. The van der Waals surface area contributed by atoms with Gasteiger partial charge in [0.05, 0.1) is 17.8 Å². The fourth-order valence-corrected chi connectivity index (χ4v) is 5.11. The van der Waals surface area contributed by atoms with E-state index in [4.69, 9.17) is 4.74 Å². The van der Waals surface area contributed by atoms with E-state index in [0.29, 0.717) is 41.4 Å². The molecule has 0 radical (unpaired) electrons. The number of nitrogens with zero attached hydrogens (tertiary/aromatic N) is 5. The van der Waals surface area contributed by atoms with Gasteiger partial charge in [-0.25, -0.2) is 4.52 Å². The fourth-order valence-electron chi connectivity index (χ4n) is 5.11. The molecule has 0 spiro atoms. The van der Waals surface area contributed by atoms with Gasteiger partial charge in [-0.3, -0.25) is 14.4 Å². The Morgan fingerprint density at radius 1 is 1.19 bits per heavy atom. The number of hydrogen-bond donors (Lipinski definition) is 1. The highest BCUT2D eigenvalue weighted by atomic mass is 16.5. The zero-order valence-corrected chi connectivity index (χ0v) is 21.6. The molecule has 5 heterocycles. The van der Waals surface area contributed by atoms with Crippen LogP contribution in [0.1, 0.15) is 45.3 Å². The molecule has 37 heavy (non-hydrogen) atoms. The SMILES string of the molecule is CNC(=O)c1c(C)cc2cc(Oc3ccnn4cc(C(=O)N(C)[C@@H]5CCN(C(C)=O)C5)c(C)c34)ccn12. The summed E-state index contributed by atoms with van der Waals surface area (Å²) < 4.78 is 9.75. The number of carbonyl (C=O) groups excluding carboxylic acids is 3. The van der Waals surface area contributed by atoms with E-state index >= 15 is 0 Å². The number of hydrogen-bond acceptors (Lipinski definition) is 5. The molecule has 1 fully saturated rings. The molecule has 0 aromatic carbocycles. The maximum absolute atomic E-state index is 13.4. The van der Waals surface area contributed by atoms with E-state index in [1.54, 1.807) is 59.9 Å². The Hall–Kier alpha value is -4.34. The van der Waals surface area contributed by atoms with Crippen molar-refractivity contribution >= 4 is 28.8 Å². The van der Waals surface area contributed by atoms with E-state index in [1.807, 2.05) is 36.6 Å². The summed E-state index contributed by atoms with van der Waals surface area (Å²) in [7, 11) is 3.39. The number of ether oxygens (including phenoxy) is 1. The lowest BCUT2D eigenvalue weighted by Crippen LogP contribution is -2.39. The highest BCUT2D eigenvalue weighted by Gasteiger charge is 2.31. The summed E-state index contributed by atoms with van der Waals surface area (Å²) >= 11 is 0. The highest BCUT2D eigenvalue weighted by molar-refractivity contribution is 5.98. The maximum Gasteiger partial charge on any atom is 0.268 e. The van der Waals surface area contributed by atoms with Gasteiger partial charge in [0, 0.05) is 64.2 Å². The molecule has 4 aromatic heterocycles. The molecule has 0 bridgehead atoms. The van der Waals surface area contributed by atoms with Crippen molar-refractivity contribution in [3.8, 4) is 11.5 Å². The molecule has 1 aliphatic heterocycles. The summed E-state index contributed by atoms with van der Waals surface area (Å²) in [4.78, 5) is 40.9. The van der Waals surface area contributed by atoms with E-state index < -0.39 is 0 Å². The second-order valence-corrected chi connectivity index (χ2v) is 9.49. The van der Waals surface area contributed by atoms with Crippen LogP contribution in [0.2, 0.25) is 0 Å². The van der Waals surface area contributed by atoms with Crippen LogP contribution in [0.25, 0.3) is 11.0 Å². The van der Waals surface area contributed by atoms with Gasteiger partial charge in [-0.05, 0) is 43.5 Å². The second kappa shape index (κ2) is 9.27. The van der Waals surface area contributed by atoms with Gasteiger partial charge in [-0.15, -0.1) is 0 Å². The molecule has 10 nitrogen and oxygen atoms in total. The zero-order valence-electron chi connectivity index (χ0n) is 21.6. The van der Waals surface area contributed by atoms with E-state index in [9.17, 15) is 14.4 Å². The van der Waals surface area contributed by atoms with Crippen LogP contribution in [-0.2, 0) is 4.79 Å². The molecule has 4 aromatic rings. The molecule has 10 heteroatoms. The van der Waals surface area contributed by atoms with Gasteiger partial charge < -0.3 is 24.3 Å². The third-order valence-corrected chi connectivity index (χ3v) is 7.20. The van der Waals surface area contributed by atoms with Crippen LogP contribution >= 0.6 is 0 Å². The Bertz CT molecular complexity index is 1550. The van der Waals surface area contributed by atoms with Crippen molar-refractivity contribution in [3.63, 3.8) is 0 Å². The van der Waals surface area contributed by atoms with Crippen molar-refractivity contribution in [2.24, 2.45) is 0 Å². The van der Waals surface area contributed by atoms with E-state index in [1.165, 1.54) is 0 Å². The molecule has 1 N–H and O–H groups in total. The van der Waals surface area contributed by atoms with E-state index in [2.05, 4.69) is 10.4 Å². The van der Waals surface area contributed by atoms with Gasteiger partial charge in [-0.2, -0.15) is 5.10 Å². The third kappa shape index (κ3) is 4.18. The van der Waals surface area contributed by atoms with E-state index in [-0.39, 0.29) is 23.8 Å². The van der Waals surface area contributed by atoms with Crippen molar-refractivity contribution < 1.29 is 19.1 Å². The average molecular weight is 503 g/mol. The minimum Gasteiger partial charge on any atom is -0.455 e. The zero-order chi connectivity index (χ0) is 26.4. The Morgan fingerprint density at radius 2 is 1.97 bits per heavy atom. The monoisotopic (exact) mass is 502 g/mol. The Kier molecular flexibility index (Phi) is 6.10. The topological polar surface area (TPSA) is 101 Å². The van der Waals surface area contributed by atoms with Crippen molar-refractivity contribution in [1.82, 2.24) is 29.1 Å². The molecule has 0 aliphatic carbocycles. The molecule has 1 saturated heterocycles. The number of likely N-dealkylation sites (N-methyl/N-ethyl adjacent to an activating group) is 1.